The minimum atomic E-state index is -0.0180. The van der Waals surface area contributed by atoms with Crippen LogP contribution in [0.4, 0.5) is 0 Å². The quantitative estimate of drug-likeness (QED) is 0.571. The molecule has 11 heavy (non-hydrogen) atoms. The number of rotatable bonds is 3. The summed E-state index contributed by atoms with van der Waals surface area (Å²) in [6.45, 7) is 0.513. The highest BCUT2D eigenvalue weighted by Gasteiger charge is 2.11. The molecule has 3 N–H and O–H groups in total. The summed E-state index contributed by atoms with van der Waals surface area (Å²) < 4.78 is 0. The van der Waals surface area contributed by atoms with Crippen LogP contribution < -0.4 is 11.1 Å². The zero-order chi connectivity index (χ0) is 8.10. The van der Waals surface area contributed by atoms with Crippen molar-refractivity contribution >= 4 is 5.91 Å². The monoisotopic (exact) mass is 152 g/mol. The Hall–Kier alpha value is -1.25. The standard InChI is InChI=1S/C8H12N2O/c9-4-1-5-10-8(11)6-7-2-3-7/h1,4,6H,2-3,5,9H2,(H,10,11)/b4-1+. The molecule has 1 aliphatic carbocycles. The zero-order valence-electron chi connectivity index (χ0n) is 6.34. The van der Waals surface area contributed by atoms with Gasteiger partial charge in [-0.25, -0.2) is 0 Å². The topological polar surface area (TPSA) is 55.1 Å². The Kier molecular flexibility index (Phi) is 2.72. The first-order valence-corrected chi connectivity index (χ1v) is 3.67. The van der Waals surface area contributed by atoms with Crippen LogP contribution >= 0.6 is 0 Å². The smallest absolute Gasteiger partial charge is 0.244 e. The van der Waals surface area contributed by atoms with E-state index in [4.69, 9.17) is 5.73 Å². The van der Waals surface area contributed by atoms with E-state index in [0.717, 1.165) is 12.8 Å². The zero-order valence-corrected chi connectivity index (χ0v) is 6.34. The molecule has 0 spiro atoms. The van der Waals surface area contributed by atoms with Gasteiger partial charge in [-0.3, -0.25) is 4.79 Å². The molecule has 3 nitrogen and oxygen atoms in total. The van der Waals surface area contributed by atoms with Crippen molar-refractivity contribution < 1.29 is 4.79 Å². The third-order valence-corrected chi connectivity index (χ3v) is 1.40. The Bertz CT molecular complexity index is 200. The Morgan fingerprint density at radius 3 is 2.91 bits per heavy atom. The summed E-state index contributed by atoms with van der Waals surface area (Å²) in [6.07, 6.45) is 6.94. The van der Waals surface area contributed by atoms with Gasteiger partial charge < -0.3 is 11.1 Å². The SMILES string of the molecule is N/C=C/CNC(=O)C=C1CC1. The van der Waals surface area contributed by atoms with Crippen molar-refractivity contribution in [1.29, 1.82) is 0 Å². The fraction of sp³-hybridized carbons (Fsp3) is 0.375. The van der Waals surface area contributed by atoms with Gasteiger partial charge in [0.15, 0.2) is 0 Å². The van der Waals surface area contributed by atoms with E-state index in [1.54, 1.807) is 12.2 Å². The van der Waals surface area contributed by atoms with Gasteiger partial charge in [0.2, 0.25) is 5.91 Å². The van der Waals surface area contributed by atoms with Crippen LogP contribution in [0.25, 0.3) is 0 Å². The number of amides is 1. The van der Waals surface area contributed by atoms with E-state index in [9.17, 15) is 4.79 Å². The molecule has 1 rings (SSSR count). The van der Waals surface area contributed by atoms with E-state index < -0.39 is 0 Å². The Morgan fingerprint density at radius 1 is 1.64 bits per heavy atom. The summed E-state index contributed by atoms with van der Waals surface area (Å²) in [5.41, 5.74) is 6.32. The molecule has 3 heteroatoms. The second kappa shape index (κ2) is 3.81. The lowest BCUT2D eigenvalue weighted by molar-refractivity contribution is -0.116. The van der Waals surface area contributed by atoms with Crippen molar-refractivity contribution in [2.24, 2.45) is 5.73 Å². The summed E-state index contributed by atoms with van der Waals surface area (Å²) in [5.74, 6) is -0.0180. The van der Waals surface area contributed by atoms with Crippen molar-refractivity contribution in [2.45, 2.75) is 12.8 Å². The molecule has 0 saturated heterocycles. The number of nitrogens with two attached hydrogens (primary N) is 1. The molecule has 0 heterocycles. The van der Waals surface area contributed by atoms with Crippen LogP contribution in [0.1, 0.15) is 12.8 Å². The molecule has 60 valence electrons. The van der Waals surface area contributed by atoms with E-state index in [-0.39, 0.29) is 5.91 Å². The van der Waals surface area contributed by atoms with Gasteiger partial charge >= 0.3 is 0 Å². The molecule has 0 bridgehead atoms. The van der Waals surface area contributed by atoms with Crippen LogP contribution in [-0.2, 0) is 4.79 Å². The first-order chi connectivity index (χ1) is 5.33. The van der Waals surface area contributed by atoms with E-state index in [0.29, 0.717) is 6.54 Å². The molecule has 1 aliphatic rings. The predicted molar refractivity (Wildman–Crippen MR) is 43.7 cm³/mol. The minimum Gasteiger partial charge on any atom is -0.405 e. The summed E-state index contributed by atoms with van der Waals surface area (Å²) in [7, 11) is 0. The Balaban J connectivity index is 2.15. The normalized spacial score (nSPS) is 15.1. The predicted octanol–water partition coefficient (Wildman–Crippen LogP) is 0.295. The second-order valence-corrected chi connectivity index (χ2v) is 2.48. The van der Waals surface area contributed by atoms with Gasteiger partial charge in [0.1, 0.15) is 0 Å². The van der Waals surface area contributed by atoms with Gasteiger partial charge in [0.25, 0.3) is 0 Å². The van der Waals surface area contributed by atoms with Crippen molar-refractivity contribution in [1.82, 2.24) is 5.32 Å². The summed E-state index contributed by atoms with van der Waals surface area (Å²) in [5, 5.41) is 2.67. The molecule has 0 aliphatic heterocycles. The Labute approximate surface area is 66.0 Å². The van der Waals surface area contributed by atoms with Gasteiger partial charge in [-0.2, -0.15) is 0 Å². The average Bonchev–Trinajstić information content (AvgIpc) is 2.72. The van der Waals surface area contributed by atoms with Gasteiger partial charge in [-0.1, -0.05) is 5.57 Å². The molecular weight excluding hydrogens is 140 g/mol. The largest absolute Gasteiger partial charge is 0.405 e. The molecular formula is C8H12N2O. The fourth-order valence-corrected chi connectivity index (χ4v) is 0.680. The number of allylic oxidation sites excluding steroid dienone is 1. The number of hydrogen-bond acceptors (Lipinski definition) is 2. The van der Waals surface area contributed by atoms with E-state index in [2.05, 4.69) is 5.32 Å². The van der Waals surface area contributed by atoms with Crippen molar-refractivity contribution in [2.75, 3.05) is 6.54 Å². The maximum atomic E-state index is 10.9. The fourth-order valence-electron chi connectivity index (χ4n) is 0.680. The molecule has 0 aromatic carbocycles. The molecule has 0 unspecified atom stereocenters. The third-order valence-electron chi connectivity index (χ3n) is 1.40. The maximum absolute atomic E-state index is 10.9. The average molecular weight is 152 g/mol. The third kappa shape index (κ3) is 3.45. The second-order valence-electron chi connectivity index (χ2n) is 2.48. The molecule has 0 atom stereocenters. The lowest BCUT2D eigenvalue weighted by Gasteiger charge is -1.93. The van der Waals surface area contributed by atoms with E-state index in [1.165, 1.54) is 11.8 Å². The first-order valence-electron chi connectivity index (χ1n) is 3.67. The Morgan fingerprint density at radius 2 is 2.36 bits per heavy atom. The first kappa shape index (κ1) is 7.85. The van der Waals surface area contributed by atoms with Crippen LogP contribution in [-0.4, -0.2) is 12.5 Å². The van der Waals surface area contributed by atoms with Crippen molar-refractivity contribution in [3.63, 3.8) is 0 Å². The summed E-state index contributed by atoms with van der Waals surface area (Å²) in [6, 6.07) is 0. The lowest BCUT2D eigenvalue weighted by atomic mass is 10.4. The summed E-state index contributed by atoms with van der Waals surface area (Å²) in [4.78, 5) is 10.9. The molecule has 0 radical (unpaired) electrons. The van der Waals surface area contributed by atoms with Gasteiger partial charge in [0.05, 0.1) is 0 Å². The van der Waals surface area contributed by atoms with E-state index >= 15 is 0 Å². The highest BCUT2D eigenvalue weighted by molar-refractivity contribution is 5.88. The van der Waals surface area contributed by atoms with Crippen LogP contribution in [0.5, 0.6) is 0 Å². The lowest BCUT2D eigenvalue weighted by Crippen LogP contribution is -2.20. The van der Waals surface area contributed by atoms with Crippen molar-refractivity contribution in [3.8, 4) is 0 Å². The minimum absolute atomic E-state index is 0.0180. The summed E-state index contributed by atoms with van der Waals surface area (Å²) >= 11 is 0. The molecule has 0 aromatic heterocycles. The van der Waals surface area contributed by atoms with Crippen LogP contribution in [0.15, 0.2) is 23.9 Å². The van der Waals surface area contributed by atoms with Crippen molar-refractivity contribution in [3.05, 3.63) is 23.9 Å². The highest BCUT2D eigenvalue weighted by Crippen LogP contribution is 2.26. The van der Waals surface area contributed by atoms with Crippen LogP contribution in [0, 0.1) is 0 Å². The van der Waals surface area contributed by atoms with Gasteiger partial charge in [-0.05, 0) is 25.1 Å². The van der Waals surface area contributed by atoms with E-state index in [1.807, 2.05) is 0 Å². The number of hydrogen-bond donors (Lipinski definition) is 2. The number of carbonyl (C=O) groups excluding carboxylic acids is 1. The van der Waals surface area contributed by atoms with Gasteiger partial charge in [0, 0.05) is 12.6 Å². The van der Waals surface area contributed by atoms with Crippen LogP contribution in [0.3, 0.4) is 0 Å². The molecule has 1 amide bonds. The number of carbonyl (C=O) groups is 1. The highest BCUT2D eigenvalue weighted by atomic mass is 16.1. The molecule has 1 saturated carbocycles. The number of nitrogens with one attached hydrogen (secondary N) is 1. The van der Waals surface area contributed by atoms with Crippen LogP contribution in [0.2, 0.25) is 0 Å². The van der Waals surface area contributed by atoms with Gasteiger partial charge in [-0.15, -0.1) is 0 Å². The molecule has 0 aromatic rings. The molecule has 1 fully saturated rings. The maximum Gasteiger partial charge on any atom is 0.244 e.